The Morgan fingerprint density at radius 3 is 2.74 bits per heavy atom. The van der Waals surface area contributed by atoms with E-state index in [9.17, 15) is 23.7 Å². The van der Waals surface area contributed by atoms with Gasteiger partial charge in [0, 0.05) is 6.20 Å². The molecule has 0 atom stereocenters. The number of esters is 1. The van der Waals surface area contributed by atoms with Gasteiger partial charge in [0.15, 0.2) is 0 Å². The second-order valence-electron chi connectivity index (χ2n) is 3.38. The molecule has 19 heavy (non-hydrogen) atoms. The zero-order chi connectivity index (χ0) is 14.6. The van der Waals surface area contributed by atoms with Gasteiger partial charge in [0.2, 0.25) is 0 Å². The fraction of sp³-hybridized carbons (Fsp3) is 0.400. The predicted molar refractivity (Wildman–Crippen MR) is 63.9 cm³/mol. The number of nitro groups is 1. The van der Waals surface area contributed by atoms with Crippen molar-refractivity contribution in [3.05, 3.63) is 32.0 Å². The predicted octanol–water partition coefficient (Wildman–Crippen LogP) is 2.80. The molecule has 6 nitrogen and oxygen atoms in total. The summed E-state index contributed by atoms with van der Waals surface area (Å²) in [6.07, 6.45) is -2.56. The van der Waals surface area contributed by atoms with E-state index in [1.165, 1.54) is 0 Å². The van der Waals surface area contributed by atoms with Crippen LogP contribution < -0.4 is 0 Å². The highest BCUT2D eigenvalue weighted by Gasteiger charge is 2.30. The van der Waals surface area contributed by atoms with Gasteiger partial charge in [0.1, 0.15) is 10.2 Å². The Bertz CT molecular complexity index is 511. The SMILES string of the molecule is CCOC(=O)Cc1cnc(Br)c(C(F)F)c1[N+](=O)[O-]. The first-order chi connectivity index (χ1) is 8.88. The van der Waals surface area contributed by atoms with Crippen LogP contribution in [0.5, 0.6) is 0 Å². The Kier molecular flexibility index (Phi) is 5.28. The maximum atomic E-state index is 12.8. The minimum atomic E-state index is -3.08. The van der Waals surface area contributed by atoms with Crippen LogP contribution in [0, 0.1) is 10.1 Å². The lowest BCUT2D eigenvalue weighted by Crippen LogP contribution is -2.11. The van der Waals surface area contributed by atoms with E-state index in [1.54, 1.807) is 6.92 Å². The van der Waals surface area contributed by atoms with Crippen molar-refractivity contribution in [1.29, 1.82) is 0 Å². The first-order valence-electron chi connectivity index (χ1n) is 5.13. The van der Waals surface area contributed by atoms with E-state index in [4.69, 9.17) is 0 Å². The van der Waals surface area contributed by atoms with Crippen LogP contribution >= 0.6 is 15.9 Å². The summed E-state index contributed by atoms with van der Waals surface area (Å²) in [4.78, 5) is 24.8. The van der Waals surface area contributed by atoms with E-state index < -0.39 is 35.0 Å². The van der Waals surface area contributed by atoms with Crippen LogP contribution in [0.3, 0.4) is 0 Å². The van der Waals surface area contributed by atoms with Gasteiger partial charge in [-0.25, -0.2) is 13.8 Å². The molecule has 0 amide bonds. The summed E-state index contributed by atoms with van der Waals surface area (Å²) in [5.74, 6) is -0.741. The van der Waals surface area contributed by atoms with Crippen molar-refractivity contribution in [3.8, 4) is 0 Å². The monoisotopic (exact) mass is 338 g/mol. The number of rotatable bonds is 5. The summed E-state index contributed by atoms with van der Waals surface area (Å²) < 4.78 is 30.0. The molecule has 0 N–H and O–H groups in total. The summed E-state index contributed by atoms with van der Waals surface area (Å²) in [5, 5.41) is 10.9. The molecule has 1 heterocycles. The van der Waals surface area contributed by atoms with Crippen LogP contribution in [0.15, 0.2) is 10.8 Å². The first-order valence-corrected chi connectivity index (χ1v) is 5.93. The molecule has 104 valence electrons. The molecule has 1 aromatic rings. The van der Waals surface area contributed by atoms with Crippen LogP contribution in [0.2, 0.25) is 0 Å². The Labute approximate surface area is 115 Å². The Morgan fingerprint density at radius 1 is 1.63 bits per heavy atom. The van der Waals surface area contributed by atoms with Gasteiger partial charge in [-0.1, -0.05) is 0 Å². The highest BCUT2D eigenvalue weighted by atomic mass is 79.9. The molecule has 0 saturated carbocycles. The number of hydrogen-bond donors (Lipinski definition) is 0. The lowest BCUT2D eigenvalue weighted by Gasteiger charge is -2.08. The van der Waals surface area contributed by atoms with Gasteiger partial charge in [-0.3, -0.25) is 14.9 Å². The molecule has 0 fully saturated rings. The molecule has 9 heteroatoms. The van der Waals surface area contributed by atoms with Crippen molar-refractivity contribution in [3.63, 3.8) is 0 Å². The third-order valence-corrected chi connectivity index (χ3v) is 2.79. The van der Waals surface area contributed by atoms with Crippen LogP contribution in [0.25, 0.3) is 0 Å². The van der Waals surface area contributed by atoms with E-state index in [0.717, 1.165) is 6.20 Å². The van der Waals surface area contributed by atoms with Crippen LogP contribution in [-0.4, -0.2) is 22.5 Å². The average Bonchev–Trinajstić information content (AvgIpc) is 2.30. The van der Waals surface area contributed by atoms with Crippen molar-refractivity contribution in [2.24, 2.45) is 0 Å². The maximum absolute atomic E-state index is 12.8. The number of alkyl halides is 2. The van der Waals surface area contributed by atoms with Crippen LogP contribution in [0.1, 0.15) is 24.5 Å². The normalized spacial score (nSPS) is 10.6. The summed E-state index contributed by atoms with van der Waals surface area (Å²) in [6.45, 7) is 1.66. The van der Waals surface area contributed by atoms with Gasteiger partial charge in [0.05, 0.1) is 23.5 Å². The number of aromatic nitrogens is 1. The van der Waals surface area contributed by atoms with E-state index in [-0.39, 0.29) is 16.8 Å². The number of carbonyl (C=O) groups excluding carboxylic acids is 1. The number of carbonyl (C=O) groups is 1. The van der Waals surface area contributed by atoms with Gasteiger partial charge in [-0.05, 0) is 22.9 Å². The molecule has 0 aromatic carbocycles. The van der Waals surface area contributed by atoms with Crippen molar-refractivity contribution < 1.29 is 23.2 Å². The van der Waals surface area contributed by atoms with E-state index in [2.05, 4.69) is 25.7 Å². The van der Waals surface area contributed by atoms with Crippen molar-refractivity contribution in [2.75, 3.05) is 6.61 Å². The van der Waals surface area contributed by atoms with E-state index in [1.807, 2.05) is 0 Å². The standard InChI is InChI=1S/C10H9BrF2N2O4/c1-2-19-6(16)3-5-4-14-9(11)7(10(12)13)8(5)15(17)18/h4,10H,2-3H2,1H3. The minimum absolute atomic E-state index is 0.0955. The molecule has 0 unspecified atom stereocenters. The molecule has 0 radical (unpaired) electrons. The number of halogens is 3. The molecule has 0 spiro atoms. The highest BCUT2D eigenvalue weighted by molar-refractivity contribution is 9.10. The molecule has 0 aliphatic heterocycles. The number of ether oxygens (including phenoxy) is 1. The smallest absolute Gasteiger partial charge is 0.310 e. The zero-order valence-electron chi connectivity index (χ0n) is 9.73. The van der Waals surface area contributed by atoms with E-state index >= 15 is 0 Å². The fourth-order valence-corrected chi connectivity index (χ4v) is 1.91. The molecular weight excluding hydrogens is 330 g/mol. The average molecular weight is 339 g/mol. The second kappa shape index (κ2) is 6.50. The maximum Gasteiger partial charge on any atom is 0.310 e. The van der Waals surface area contributed by atoms with Gasteiger partial charge >= 0.3 is 5.97 Å². The zero-order valence-corrected chi connectivity index (χ0v) is 11.3. The summed E-state index contributed by atoms with van der Waals surface area (Å²) in [7, 11) is 0. The van der Waals surface area contributed by atoms with Crippen LogP contribution in [-0.2, 0) is 16.0 Å². The topological polar surface area (TPSA) is 82.3 Å². The number of hydrogen-bond acceptors (Lipinski definition) is 5. The first kappa shape index (κ1) is 15.4. The molecule has 0 saturated heterocycles. The molecular formula is C10H9BrF2N2O4. The third-order valence-electron chi connectivity index (χ3n) is 2.16. The summed E-state index contributed by atoms with van der Waals surface area (Å²) >= 11 is 2.74. The van der Waals surface area contributed by atoms with Gasteiger partial charge in [-0.2, -0.15) is 0 Å². The Hall–Kier alpha value is -1.64. The van der Waals surface area contributed by atoms with Crippen molar-refractivity contribution in [1.82, 2.24) is 4.98 Å². The van der Waals surface area contributed by atoms with Gasteiger partial charge in [-0.15, -0.1) is 0 Å². The van der Waals surface area contributed by atoms with Crippen molar-refractivity contribution in [2.45, 2.75) is 19.8 Å². The fourth-order valence-electron chi connectivity index (χ4n) is 1.44. The molecule has 0 aliphatic rings. The Morgan fingerprint density at radius 2 is 2.26 bits per heavy atom. The second-order valence-corrected chi connectivity index (χ2v) is 4.13. The van der Waals surface area contributed by atoms with Gasteiger partial charge < -0.3 is 4.74 Å². The minimum Gasteiger partial charge on any atom is -0.466 e. The van der Waals surface area contributed by atoms with Crippen LogP contribution in [0.4, 0.5) is 14.5 Å². The lowest BCUT2D eigenvalue weighted by atomic mass is 10.1. The summed E-state index contributed by atoms with van der Waals surface area (Å²) in [6, 6.07) is 0. The quantitative estimate of drug-likeness (QED) is 0.357. The molecule has 0 bridgehead atoms. The number of pyridine rings is 1. The molecule has 1 rings (SSSR count). The number of nitrogens with zero attached hydrogens (tertiary/aromatic N) is 2. The summed E-state index contributed by atoms with van der Waals surface area (Å²) in [5.41, 5.74) is -1.86. The largest absolute Gasteiger partial charge is 0.466 e. The highest BCUT2D eigenvalue weighted by Crippen LogP contribution is 2.36. The molecule has 0 aliphatic carbocycles. The lowest BCUT2D eigenvalue weighted by molar-refractivity contribution is -0.387. The molecule has 1 aromatic heterocycles. The van der Waals surface area contributed by atoms with Gasteiger partial charge in [0.25, 0.3) is 12.1 Å². The third kappa shape index (κ3) is 3.66. The Balaban J connectivity index is 3.28. The van der Waals surface area contributed by atoms with E-state index in [0.29, 0.717) is 0 Å². The van der Waals surface area contributed by atoms with Crippen molar-refractivity contribution >= 4 is 27.6 Å².